The maximum Gasteiger partial charge on any atom is 0.274 e. The van der Waals surface area contributed by atoms with Crippen LogP contribution in [0.5, 0.6) is 5.75 Å². The third-order valence-electron chi connectivity index (χ3n) is 5.35. The minimum atomic E-state index is -0.312. The minimum absolute atomic E-state index is 0.0638. The van der Waals surface area contributed by atoms with Crippen LogP contribution in [0.3, 0.4) is 0 Å². The summed E-state index contributed by atoms with van der Waals surface area (Å²) in [5.41, 5.74) is 3.03. The van der Waals surface area contributed by atoms with Crippen molar-refractivity contribution in [3.63, 3.8) is 0 Å². The summed E-state index contributed by atoms with van der Waals surface area (Å²) in [4.78, 5) is 17.0. The Morgan fingerprint density at radius 3 is 2.50 bits per heavy atom. The van der Waals surface area contributed by atoms with Crippen LogP contribution in [-0.2, 0) is 13.3 Å². The summed E-state index contributed by atoms with van der Waals surface area (Å²) in [6.45, 7) is 6.24. The van der Waals surface area contributed by atoms with E-state index in [1.807, 2.05) is 4.90 Å². The molecule has 30 heavy (non-hydrogen) atoms. The van der Waals surface area contributed by atoms with Crippen molar-refractivity contribution in [3.8, 4) is 5.75 Å². The van der Waals surface area contributed by atoms with Crippen LogP contribution in [0.4, 0.5) is 4.39 Å². The van der Waals surface area contributed by atoms with Gasteiger partial charge >= 0.3 is 0 Å². The first kappa shape index (κ1) is 20.1. The lowest BCUT2D eigenvalue weighted by Gasteiger charge is -2.34. The second-order valence-electron chi connectivity index (χ2n) is 7.46. The van der Waals surface area contributed by atoms with E-state index in [-0.39, 0.29) is 18.5 Å². The van der Waals surface area contributed by atoms with E-state index < -0.39 is 0 Å². The van der Waals surface area contributed by atoms with Crippen molar-refractivity contribution in [2.75, 3.05) is 26.2 Å². The van der Waals surface area contributed by atoms with Crippen molar-refractivity contribution in [1.82, 2.24) is 19.6 Å². The van der Waals surface area contributed by atoms with E-state index in [4.69, 9.17) is 4.74 Å². The number of amides is 1. The van der Waals surface area contributed by atoms with Gasteiger partial charge in [0.15, 0.2) is 12.4 Å². The number of hydrogen-bond donors (Lipinski definition) is 0. The standard InChI is InChI=1S/C23H25FN4O2/c1-18-4-2-3-5-19(18)16-26-12-14-27(15-13-26)23(29)22-10-11-28(25-22)17-30-21-8-6-20(24)7-9-21/h2-11H,12-17H2,1H3. The molecule has 0 aliphatic carbocycles. The third-order valence-corrected chi connectivity index (χ3v) is 5.35. The number of nitrogens with zero attached hydrogens (tertiary/aromatic N) is 4. The molecule has 3 aromatic rings. The highest BCUT2D eigenvalue weighted by atomic mass is 19.1. The zero-order valence-electron chi connectivity index (χ0n) is 17.0. The summed E-state index contributed by atoms with van der Waals surface area (Å²) in [5.74, 6) is 0.170. The van der Waals surface area contributed by atoms with Crippen molar-refractivity contribution in [3.05, 3.63) is 83.4 Å². The van der Waals surface area contributed by atoms with Gasteiger partial charge in [0.2, 0.25) is 0 Å². The molecule has 0 unspecified atom stereocenters. The fourth-order valence-electron chi connectivity index (χ4n) is 3.52. The molecule has 0 saturated carbocycles. The Bertz CT molecular complexity index is 994. The van der Waals surface area contributed by atoms with Crippen LogP contribution in [0.25, 0.3) is 0 Å². The van der Waals surface area contributed by atoms with E-state index in [2.05, 4.69) is 41.2 Å². The number of rotatable bonds is 6. The van der Waals surface area contributed by atoms with E-state index >= 15 is 0 Å². The lowest BCUT2D eigenvalue weighted by atomic mass is 10.1. The van der Waals surface area contributed by atoms with E-state index in [0.29, 0.717) is 24.5 Å². The van der Waals surface area contributed by atoms with E-state index in [0.717, 1.165) is 19.6 Å². The second-order valence-corrected chi connectivity index (χ2v) is 7.46. The number of ether oxygens (including phenoxy) is 1. The fraction of sp³-hybridized carbons (Fsp3) is 0.304. The third kappa shape index (κ3) is 4.86. The number of carbonyl (C=O) groups excluding carboxylic acids is 1. The van der Waals surface area contributed by atoms with E-state index in [1.54, 1.807) is 29.1 Å². The molecule has 1 amide bonds. The molecule has 1 aromatic heterocycles. The average molecular weight is 408 g/mol. The highest BCUT2D eigenvalue weighted by Crippen LogP contribution is 2.14. The molecule has 0 atom stereocenters. The molecule has 1 fully saturated rings. The summed E-state index contributed by atoms with van der Waals surface area (Å²) in [6, 6.07) is 15.9. The largest absolute Gasteiger partial charge is 0.471 e. The van der Waals surface area contributed by atoms with Crippen LogP contribution in [0, 0.1) is 12.7 Å². The van der Waals surface area contributed by atoms with Crippen LogP contribution in [-0.4, -0.2) is 51.7 Å². The first-order chi connectivity index (χ1) is 14.6. The molecule has 2 heterocycles. The molecule has 0 radical (unpaired) electrons. The van der Waals surface area contributed by atoms with Gasteiger partial charge in [0, 0.05) is 38.9 Å². The van der Waals surface area contributed by atoms with Crippen molar-refractivity contribution < 1.29 is 13.9 Å². The van der Waals surface area contributed by atoms with Crippen LogP contribution in [0.15, 0.2) is 60.8 Å². The number of aromatic nitrogens is 2. The maximum atomic E-state index is 13.0. The maximum absolute atomic E-state index is 13.0. The smallest absolute Gasteiger partial charge is 0.274 e. The average Bonchev–Trinajstić information content (AvgIpc) is 3.24. The Morgan fingerprint density at radius 2 is 1.77 bits per heavy atom. The summed E-state index contributed by atoms with van der Waals surface area (Å²) >= 11 is 0. The molecule has 1 aliphatic heterocycles. The number of hydrogen-bond acceptors (Lipinski definition) is 4. The number of piperazine rings is 1. The van der Waals surface area contributed by atoms with Crippen LogP contribution < -0.4 is 4.74 Å². The van der Waals surface area contributed by atoms with Crippen molar-refractivity contribution >= 4 is 5.91 Å². The molecular weight excluding hydrogens is 383 g/mol. The van der Waals surface area contributed by atoms with E-state index in [1.165, 1.54) is 23.3 Å². The predicted octanol–water partition coefficient (Wildman–Crippen LogP) is 3.33. The molecule has 0 N–H and O–H groups in total. The topological polar surface area (TPSA) is 50.6 Å². The summed E-state index contributed by atoms with van der Waals surface area (Å²) in [6.07, 6.45) is 1.71. The number of halogens is 1. The molecule has 156 valence electrons. The lowest BCUT2D eigenvalue weighted by molar-refractivity contribution is 0.0620. The van der Waals surface area contributed by atoms with Crippen LogP contribution in [0.1, 0.15) is 21.6 Å². The van der Waals surface area contributed by atoms with Crippen LogP contribution >= 0.6 is 0 Å². The fourth-order valence-corrected chi connectivity index (χ4v) is 3.52. The van der Waals surface area contributed by atoms with Gasteiger partial charge < -0.3 is 9.64 Å². The van der Waals surface area contributed by atoms with Gasteiger partial charge in [0.1, 0.15) is 11.6 Å². The van der Waals surface area contributed by atoms with Crippen molar-refractivity contribution in [2.24, 2.45) is 0 Å². The SMILES string of the molecule is Cc1ccccc1CN1CCN(C(=O)c2ccn(COc3ccc(F)cc3)n2)CC1. The number of benzene rings is 2. The summed E-state index contributed by atoms with van der Waals surface area (Å²) in [7, 11) is 0. The molecule has 2 aromatic carbocycles. The normalized spacial score (nSPS) is 14.7. The Balaban J connectivity index is 1.28. The summed E-state index contributed by atoms with van der Waals surface area (Å²) < 4.78 is 20.1. The Labute approximate surface area is 175 Å². The van der Waals surface area contributed by atoms with Gasteiger partial charge in [-0.15, -0.1) is 0 Å². The zero-order valence-corrected chi connectivity index (χ0v) is 17.0. The zero-order chi connectivity index (χ0) is 20.9. The van der Waals surface area contributed by atoms with Gasteiger partial charge in [-0.1, -0.05) is 24.3 Å². The first-order valence-electron chi connectivity index (χ1n) is 10.1. The minimum Gasteiger partial charge on any atom is -0.471 e. The first-order valence-corrected chi connectivity index (χ1v) is 10.1. The van der Waals surface area contributed by atoms with Gasteiger partial charge in [0.05, 0.1) is 0 Å². The lowest BCUT2D eigenvalue weighted by Crippen LogP contribution is -2.48. The van der Waals surface area contributed by atoms with Crippen LogP contribution in [0.2, 0.25) is 0 Å². The quantitative estimate of drug-likeness (QED) is 0.628. The highest BCUT2D eigenvalue weighted by Gasteiger charge is 2.24. The molecule has 6 nitrogen and oxygen atoms in total. The van der Waals surface area contributed by atoms with Crippen molar-refractivity contribution in [1.29, 1.82) is 0 Å². The molecule has 1 saturated heterocycles. The number of aryl methyl sites for hydroxylation is 1. The van der Waals surface area contributed by atoms with Gasteiger partial charge in [-0.3, -0.25) is 9.69 Å². The number of carbonyl (C=O) groups is 1. The molecular formula is C23H25FN4O2. The monoisotopic (exact) mass is 408 g/mol. The molecule has 0 bridgehead atoms. The van der Waals surface area contributed by atoms with E-state index in [9.17, 15) is 9.18 Å². The predicted molar refractivity (Wildman–Crippen MR) is 112 cm³/mol. The van der Waals surface area contributed by atoms with Gasteiger partial charge in [-0.05, 0) is 48.4 Å². The molecule has 0 spiro atoms. The van der Waals surface area contributed by atoms with Crippen molar-refractivity contribution in [2.45, 2.75) is 20.2 Å². The Kier molecular flexibility index (Phi) is 6.09. The Morgan fingerprint density at radius 1 is 1.03 bits per heavy atom. The van der Waals surface area contributed by atoms with Gasteiger partial charge in [0.25, 0.3) is 5.91 Å². The van der Waals surface area contributed by atoms with Gasteiger partial charge in [-0.2, -0.15) is 5.10 Å². The highest BCUT2D eigenvalue weighted by molar-refractivity contribution is 5.92. The molecule has 4 rings (SSSR count). The summed E-state index contributed by atoms with van der Waals surface area (Å²) in [5, 5.41) is 4.33. The molecule has 7 heteroatoms. The molecule has 1 aliphatic rings. The van der Waals surface area contributed by atoms with Gasteiger partial charge in [-0.25, -0.2) is 9.07 Å². The Hall–Kier alpha value is -3.19. The second kappa shape index (κ2) is 9.09.